The van der Waals surface area contributed by atoms with Gasteiger partial charge in [-0.3, -0.25) is 4.79 Å². The smallest absolute Gasteiger partial charge is 0.165 e. The summed E-state index contributed by atoms with van der Waals surface area (Å²) in [6, 6.07) is 27.5. The van der Waals surface area contributed by atoms with Gasteiger partial charge in [-0.1, -0.05) is 76.6 Å². The van der Waals surface area contributed by atoms with Gasteiger partial charge in [-0.25, -0.2) is 0 Å². The fourth-order valence-electron chi connectivity index (χ4n) is 2.61. The number of hydrogen-bond donors (Lipinski definition) is 1. The highest BCUT2D eigenvalue weighted by molar-refractivity contribution is 9.10. The number of para-hydroxylation sites is 1. The van der Waals surface area contributed by atoms with Crippen molar-refractivity contribution in [2.24, 2.45) is 0 Å². The van der Waals surface area contributed by atoms with Crippen LogP contribution in [0.4, 0.5) is 5.69 Å². The third-order valence-corrected chi connectivity index (χ3v) is 4.40. The predicted octanol–water partition coefficient (Wildman–Crippen LogP) is 5.88. The first-order chi connectivity index (χ1) is 11.7. The first-order valence-corrected chi connectivity index (χ1v) is 8.67. The fourth-order valence-corrected chi connectivity index (χ4v) is 2.88. The number of hydrogen-bond acceptors (Lipinski definition) is 2. The summed E-state index contributed by atoms with van der Waals surface area (Å²) < 4.78 is 0.973. The molecule has 3 aromatic carbocycles. The van der Waals surface area contributed by atoms with Crippen molar-refractivity contribution in [1.29, 1.82) is 0 Å². The van der Waals surface area contributed by atoms with E-state index in [2.05, 4.69) is 33.4 Å². The van der Waals surface area contributed by atoms with E-state index in [1.165, 1.54) is 0 Å². The normalized spacial score (nSPS) is 11.7. The summed E-state index contributed by atoms with van der Waals surface area (Å²) in [4.78, 5) is 12.7. The molecule has 0 fully saturated rings. The van der Waals surface area contributed by atoms with E-state index in [-0.39, 0.29) is 11.8 Å². The number of Topliss-reactive ketones (excluding diaryl/α,β-unsaturated/α-hetero) is 1. The molecule has 0 aliphatic carbocycles. The van der Waals surface area contributed by atoms with E-state index in [1.54, 1.807) is 0 Å². The number of benzene rings is 3. The van der Waals surface area contributed by atoms with E-state index in [1.807, 2.05) is 72.8 Å². The molecule has 24 heavy (non-hydrogen) atoms. The fraction of sp³-hybridized carbons (Fsp3) is 0.0952. The van der Waals surface area contributed by atoms with Gasteiger partial charge in [0, 0.05) is 22.1 Å². The molecule has 3 rings (SSSR count). The molecule has 0 aliphatic rings. The van der Waals surface area contributed by atoms with Crippen LogP contribution in [0.15, 0.2) is 89.4 Å². The van der Waals surface area contributed by atoms with E-state index in [0.29, 0.717) is 6.42 Å². The number of carbonyl (C=O) groups is 1. The lowest BCUT2D eigenvalue weighted by Gasteiger charge is -2.20. The van der Waals surface area contributed by atoms with Gasteiger partial charge in [0.05, 0.1) is 6.04 Å². The Kier molecular flexibility index (Phi) is 5.44. The van der Waals surface area contributed by atoms with Gasteiger partial charge in [-0.2, -0.15) is 0 Å². The number of ketones is 1. The molecule has 3 heteroatoms. The number of halogens is 1. The summed E-state index contributed by atoms with van der Waals surface area (Å²) in [6.45, 7) is 0. The summed E-state index contributed by atoms with van der Waals surface area (Å²) in [5.74, 6) is 0.125. The van der Waals surface area contributed by atoms with Gasteiger partial charge in [0.15, 0.2) is 5.78 Å². The topological polar surface area (TPSA) is 29.1 Å². The standard InChI is InChI=1S/C21H18BrNO/c22-18-13-11-17(12-14-18)21(24)15-20(16-7-3-1-4-8-16)23-19-9-5-2-6-10-19/h1-14,20,23H,15H2. The zero-order valence-corrected chi connectivity index (χ0v) is 14.7. The quantitative estimate of drug-likeness (QED) is 0.542. The molecule has 3 aromatic rings. The first kappa shape index (κ1) is 16.5. The van der Waals surface area contributed by atoms with Crippen LogP contribution in [-0.2, 0) is 0 Å². The molecule has 0 heterocycles. The Morgan fingerprint density at radius 1 is 0.833 bits per heavy atom. The molecule has 0 aliphatic heterocycles. The molecule has 0 bridgehead atoms. The third kappa shape index (κ3) is 4.33. The van der Waals surface area contributed by atoms with E-state index in [4.69, 9.17) is 0 Å². The second-order valence-electron chi connectivity index (χ2n) is 5.61. The maximum atomic E-state index is 12.7. The summed E-state index contributed by atoms with van der Waals surface area (Å²) in [6.07, 6.45) is 0.403. The maximum Gasteiger partial charge on any atom is 0.165 e. The molecule has 0 spiro atoms. The summed E-state index contributed by atoms with van der Waals surface area (Å²) in [7, 11) is 0. The van der Waals surface area contributed by atoms with E-state index < -0.39 is 0 Å². The molecule has 1 atom stereocenters. The molecular weight excluding hydrogens is 362 g/mol. The second-order valence-corrected chi connectivity index (χ2v) is 6.52. The van der Waals surface area contributed by atoms with Crippen molar-refractivity contribution >= 4 is 27.4 Å². The number of rotatable bonds is 6. The highest BCUT2D eigenvalue weighted by Crippen LogP contribution is 2.24. The van der Waals surface area contributed by atoms with Crippen molar-refractivity contribution in [2.45, 2.75) is 12.5 Å². The van der Waals surface area contributed by atoms with Gasteiger partial charge in [-0.15, -0.1) is 0 Å². The summed E-state index contributed by atoms with van der Waals surface area (Å²) in [5.41, 5.74) is 2.84. The molecule has 2 nitrogen and oxygen atoms in total. The first-order valence-electron chi connectivity index (χ1n) is 7.87. The molecule has 1 N–H and O–H groups in total. The zero-order valence-electron chi connectivity index (χ0n) is 13.2. The Morgan fingerprint density at radius 3 is 2.04 bits per heavy atom. The maximum absolute atomic E-state index is 12.7. The van der Waals surface area contributed by atoms with Crippen molar-refractivity contribution in [3.63, 3.8) is 0 Å². The molecule has 0 aromatic heterocycles. The summed E-state index contributed by atoms with van der Waals surface area (Å²) in [5, 5.41) is 3.48. The van der Waals surface area contributed by atoms with Gasteiger partial charge in [0.1, 0.15) is 0 Å². The largest absolute Gasteiger partial charge is 0.378 e. The Morgan fingerprint density at radius 2 is 1.42 bits per heavy atom. The Labute approximate surface area is 150 Å². The van der Waals surface area contributed by atoms with Gasteiger partial charge in [-0.05, 0) is 29.8 Å². The Hall–Kier alpha value is -2.39. The molecule has 0 amide bonds. The highest BCUT2D eigenvalue weighted by Gasteiger charge is 2.17. The number of nitrogens with one attached hydrogen (secondary N) is 1. The number of anilines is 1. The lowest BCUT2D eigenvalue weighted by molar-refractivity contribution is 0.0976. The van der Waals surface area contributed by atoms with E-state index in [0.717, 1.165) is 21.3 Å². The van der Waals surface area contributed by atoms with Crippen molar-refractivity contribution in [2.75, 3.05) is 5.32 Å². The minimum atomic E-state index is -0.0650. The van der Waals surface area contributed by atoms with E-state index >= 15 is 0 Å². The second kappa shape index (κ2) is 7.93. The SMILES string of the molecule is O=C(CC(Nc1ccccc1)c1ccccc1)c1ccc(Br)cc1. The minimum Gasteiger partial charge on any atom is -0.378 e. The van der Waals surface area contributed by atoms with Crippen LogP contribution in [0.25, 0.3) is 0 Å². The van der Waals surface area contributed by atoms with Gasteiger partial charge < -0.3 is 5.32 Å². The van der Waals surface area contributed by atoms with Crippen LogP contribution >= 0.6 is 15.9 Å². The van der Waals surface area contributed by atoms with Crippen LogP contribution in [0.2, 0.25) is 0 Å². The van der Waals surface area contributed by atoms with Crippen LogP contribution in [0, 0.1) is 0 Å². The average molecular weight is 380 g/mol. The number of carbonyl (C=O) groups excluding carboxylic acids is 1. The van der Waals surface area contributed by atoms with E-state index in [9.17, 15) is 4.79 Å². The van der Waals surface area contributed by atoms with Crippen LogP contribution in [0.1, 0.15) is 28.4 Å². The average Bonchev–Trinajstić information content (AvgIpc) is 2.63. The molecule has 0 saturated carbocycles. The van der Waals surface area contributed by atoms with Crippen LogP contribution < -0.4 is 5.32 Å². The lowest BCUT2D eigenvalue weighted by Crippen LogP contribution is -2.15. The lowest BCUT2D eigenvalue weighted by atomic mass is 9.97. The van der Waals surface area contributed by atoms with Crippen molar-refractivity contribution in [3.05, 3.63) is 101 Å². The highest BCUT2D eigenvalue weighted by atomic mass is 79.9. The molecule has 0 saturated heterocycles. The zero-order chi connectivity index (χ0) is 16.8. The predicted molar refractivity (Wildman–Crippen MR) is 102 cm³/mol. The van der Waals surface area contributed by atoms with Crippen LogP contribution in [-0.4, -0.2) is 5.78 Å². The Balaban J connectivity index is 1.82. The molecule has 120 valence electrons. The van der Waals surface area contributed by atoms with Crippen molar-refractivity contribution in [1.82, 2.24) is 0 Å². The molecule has 1 unspecified atom stereocenters. The third-order valence-electron chi connectivity index (χ3n) is 3.87. The monoisotopic (exact) mass is 379 g/mol. The van der Waals surface area contributed by atoms with Gasteiger partial charge >= 0.3 is 0 Å². The van der Waals surface area contributed by atoms with Gasteiger partial charge in [0.25, 0.3) is 0 Å². The molecule has 0 radical (unpaired) electrons. The molecular formula is C21H18BrNO. The van der Waals surface area contributed by atoms with Gasteiger partial charge in [0.2, 0.25) is 0 Å². The van der Waals surface area contributed by atoms with Crippen LogP contribution in [0.3, 0.4) is 0 Å². The Bertz CT molecular complexity index is 785. The van der Waals surface area contributed by atoms with Crippen LogP contribution in [0.5, 0.6) is 0 Å². The summed E-state index contributed by atoms with van der Waals surface area (Å²) >= 11 is 3.40. The minimum absolute atomic E-state index is 0.0650. The van der Waals surface area contributed by atoms with Crippen molar-refractivity contribution < 1.29 is 4.79 Å². The van der Waals surface area contributed by atoms with Crippen molar-refractivity contribution in [3.8, 4) is 0 Å².